The molecule has 0 aliphatic heterocycles. The van der Waals surface area contributed by atoms with Crippen LogP contribution in [0.2, 0.25) is 0 Å². The number of nitrogens with one attached hydrogen (secondary N) is 2. The number of pyridine rings is 1. The van der Waals surface area contributed by atoms with Crippen molar-refractivity contribution >= 4 is 11.5 Å². The van der Waals surface area contributed by atoms with E-state index in [9.17, 15) is 10.1 Å². The molecule has 0 unspecified atom stereocenters. The van der Waals surface area contributed by atoms with Crippen LogP contribution < -0.4 is 5.32 Å². The van der Waals surface area contributed by atoms with Crippen molar-refractivity contribution in [2.24, 2.45) is 0 Å². The Balaban J connectivity index is 1.46. The van der Waals surface area contributed by atoms with Gasteiger partial charge in [0.05, 0.1) is 34.5 Å². The average Bonchev–Trinajstić information content (AvgIpc) is 3.27. The Morgan fingerprint density at radius 2 is 1.90 bits per heavy atom. The molecule has 0 aliphatic rings. The highest BCUT2D eigenvalue weighted by atomic mass is 16.6. The lowest BCUT2D eigenvalue weighted by molar-refractivity contribution is -0.384. The SMILES string of the molecule is Cc1cc(C#N)ccc1-c1ccnc(NCc2cc(-c3ccc([N+](=O)[O-])cc3)[nH]n2)c1. The van der Waals surface area contributed by atoms with E-state index in [0.717, 1.165) is 33.6 Å². The standard InChI is InChI=1S/C23H18N6O2/c1-15-10-16(13-24)2-7-21(15)18-8-9-25-23(11-18)26-14-19-12-22(28-27-19)17-3-5-20(6-4-17)29(30)31/h2-12H,14H2,1H3,(H,25,26)(H,27,28). The summed E-state index contributed by atoms with van der Waals surface area (Å²) in [4.78, 5) is 14.7. The fourth-order valence-electron chi connectivity index (χ4n) is 3.30. The van der Waals surface area contributed by atoms with Crippen molar-refractivity contribution in [3.63, 3.8) is 0 Å². The number of nitro benzene ring substituents is 1. The molecule has 0 amide bonds. The van der Waals surface area contributed by atoms with E-state index in [4.69, 9.17) is 5.26 Å². The van der Waals surface area contributed by atoms with Gasteiger partial charge in [-0.05, 0) is 66.1 Å². The van der Waals surface area contributed by atoms with Crippen molar-refractivity contribution in [3.05, 3.63) is 93.8 Å². The molecule has 0 bridgehead atoms. The highest BCUT2D eigenvalue weighted by Gasteiger charge is 2.09. The van der Waals surface area contributed by atoms with E-state index in [1.54, 1.807) is 24.4 Å². The molecule has 2 N–H and O–H groups in total. The maximum Gasteiger partial charge on any atom is 0.269 e. The molecule has 2 aromatic heterocycles. The third-order valence-corrected chi connectivity index (χ3v) is 4.90. The first-order valence-electron chi connectivity index (χ1n) is 9.53. The number of hydrogen-bond donors (Lipinski definition) is 2. The van der Waals surface area contributed by atoms with Crippen LogP contribution in [0.3, 0.4) is 0 Å². The van der Waals surface area contributed by atoms with Gasteiger partial charge in [0.1, 0.15) is 5.82 Å². The summed E-state index contributed by atoms with van der Waals surface area (Å²) in [6, 6.07) is 19.9. The van der Waals surface area contributed by atoms with Gasteiger partial charge in [0.25, 0.3) is 5.69 Å². The Bertz CT molecular complexity index is 1290. The molecule has 2 aromatic carbocycles. The summed E-state index contributed by atoms with van der Waals surface area (Å²) < 4.78 is 0. The summed E-state index contributed by atoms with van der Waals surface area (Å²) in [7, 11) is 0. The minimum Gasteiger partial charge on any atom is -0.364 e. The molecule has 0 spiro atoms. The smallest absolute Gasteiger partial charge is 0.269 e. The molecule has 4 aromatic rings. The Hall–Kier alpha value is -4.51. The number of nitro groups is 1. The molecule has 0 radical (unpaired) electrons. The molecule has 8 heteroatoms. The fraction of sp³-hybridized carbons (Fsp3) is 0.0870. The molecule has 31 heavy (non-hydrogen) atoms. The first-order chi connectivity index (χ1) is 15.0. The predicted octanol–water partition coefficient (Wildman–Crippen LogP) is 4.84. The summed E-state index contributed by atoms with van der Waals surface area (Å²) in [6.45, 7) is 2.44. The normalized spacial score (nSPS) is 10.5. The minimum atomic E-state index is -0.424. The van der Waals surface area contributed by atoms with E-state index in [0.29, 0.717) is 17.9 Å². The summed E-state index contributed by atoms with van der Waals surface area (Å²) in [5, 5.41) is 30.4. The number of non-ortho nitro benzene ring substituents is 1. The van der Waals surface area contributed by atoms with Crippen LogP contribution in [-0.2, 0) is 6.54 Å². The molecule has 0 saturated carbocycles. The number of rotatable bonds is 6. The van der Waals surface area contributed by atoms with Gasteiger partial charge in [0.2, 0.25) is 0 Å². The van der Waals surface area contributed by atoms with E-state index in [-0.39, 0.29) is 5.69 Å². The van der Waals surface area contributed by atoms with E-state index in [2.05, 4.69) is 26.6 Å². The number of nitriles is 1. The van der Waals surface area contributed by atoms with Crippen LogP contribution in [-0.4, -0.2) is 20.1 Å². The van der Waals surface area contributed by atoms with Gasteiger partial charge in [-0.1, -0.05) is 6.07 Å². The monoisotopic (exact) mass is 410 g/mol. The number of aromatic amines is 1. The molecule has 152 valence electrons. The molecule has 2 heterocycles. The molecule has 0 saturated heterocycles. The van der Waals surface area contributed by atoms with E-state index in [1.807, 2.05) is 37.3 Å². The topological polar surface area (TPSA) is 121 Å². The molecular formula is C23H18N6O2. The Labute approximate surface area is 178 Å². The minimum absolute atomic E-state index is 0.0496. The largest absolute Gasteiger partial charge is 0.364 e. The van der Waals surface area contributed by atoms with Crippen molar-refractivity contribution < 1.29 is 4.92 Å². The summed E-state index contributed by atoms with van der Waals surface area (Å²) in [6.07, 6.45) is 1.74. The Kier molecular flexibility index (Phi) is 5.41. The van der Waals surface area contributed by atoms with Gasteiger partial charge in [-0.3, -0.25) is 15.2 Å². The third kappa shape index (κ3) is 4.41. The van der Waals surface area contributed by atoms with Gasteiger partial charge < -0.3 is 5.32 Å². The number of benzene rings is 2. The lowest BCUT2D eigenvalue weighted by Gasteiger charge is -2.09. The number of anilines is 1. The van der Waals surface area contributed by atoms with Gasteiger partial charge in [-0.2, -0.15) is 10.4 Å². The van der Waals surface area contributed by atoms with Crippen LogP contribution >= 0.6 is 0 Å². The van der Waals surface area contributed by atoms with E-state index < -0.39 is 4.92 Å². The summed E-state index contributed by atoms with van der Waals surface area (Å²) in [5.41, 5.74) is 6.15. The highest BCUT2D eigenvalue weighted by Crippen LogP contribution is 2.26. The molecule has 0 fully saturated rings. The van der Waals surface area contributed by atoms with Crippen molar-refractivity contribution in [1.82, 2.24) is 15.2 Å². The Morgan fingerprint density at radius 1 is 1.10 bits per heavy atom. The van der Waals surface area contributed by atoms with Crippen LogP contribution in [0.5, 0.6) is 0 Å². The lowest BCUT2D eigenvalue weighted by Crippen LogP contribution is -2.01. The second-order valence-electron chi connectivity index (χ2n) is 7.00. The van der Waals surface area contributed by atoms with Crippen LogP contribution in [0.25, 0.3) is 22.4 Å². The van der Waals surface area contributed by atoms with Crippen LogP contribution in [0, 0.1) is 28.4 Å². The third-order valence-electron chi connectivity index (χ3n) is 4.90. The van der Waals surface area contributed by atoms with Crippen LogP contribution in [0.1, 0.15) is 16.8 Å². The van der Waals surface area contributed by atoms with Crippen LogP contribution in [0.15, 0.2) is 66.9 Å². The summed E-state index contributed by atoms with van der Waals surface area (Å²) >= 11 is 0. The predicted molar refractivity (Wildman–Crippen MR) is 117 cm³/mol. The van der Waals surface area contributed by atoms with Crippen molar-refractivity contribution in [2.45, 2.75) is 13.5 Å². The Morgan fingerprint density at radius 3 is 2.61 bits per heavy atom. The van der Waals surface area contributed by atoms with Gasteiger partial charge in [0, 0.05) is 23.9 Å². The van der Waals surface area contributed by atoms with Crippen molar-refractivity contribution in [1.29, 1.82) is 5.26 Å². The lowest BCUT2D eigenvalue weighted by atomic mass is 9.99. The zero-order valence-electron chi connectivity index (χ0n) is 16.7. The number of H-pyrrole nitrogens is 1. The number of aromatic nitrogens is 3. The summed E-state index contributed by atoms with van der Waals surface area (Å²) in [5.74, 6) is 0.709. The van der Waals surface area contributed by atoms with E-state index >= 15 is 0 Å². The first kappa shape index (κ1) is 19.8. The van der Waals surface area contributed by atoms with Gasteiger partial charge in [-0.15, -0.1) is 0 Å². The first-order valence-corrected chi connectivity index (χ1v) is 9.53. The number of hydrogen-bond acceptors (Lipinski definition) is 6. The molecule has 0 aliphatic carbocycles. The quantitative estimate of drug-likeness (QED) is 0.347. The number of nitrogens with zero attached hydrogens (tertiary/aromatic N) is 4. The second kappa shape index (κ2) is 8.47. The maximum atomic E-state index is 10.8. The molecule has 4 rings (SSSR count). The molecular weight excluding hydrogens is 392 g/mol. The maximum absolute atomic E-state index is 10.8. The van der Waals surface area contributed by atoms with E-state index in [1.165, 1.54) is 12.1 Å². The van der Waals surface area contributed by atoms with Gasteiger partial charge in [-0.25, -0.2) is 4.98 Å². The van der Waals surface area contributed by atoms with Crippen LogP contribution in [0.4, 0.5) is 11.5 Å². The van der Waals surface area contributed by atoms with Gasteiger partial charge >= 0.3 is 0 Å². The number of aryl methyl sites for hydroxylation is 1. The fourth-order valence-corrected chi connectivity index (χ4v) is 3.30. The molecule has 0 atom stereocenters. The average molecular weight is 410 g/mol. The van der Waals surface area contributed by atoms with Gasteiger partial charge in [0.15, 0.2) is 0 Å². The highest BCUT2D eigenvalue weighted by molar-refractivity contribution is 5.70. The van der Waals surface area contributed by atoms with Crippen molar-refractivity contribution in [2.75, 3.05) is 5.32 Å². The zero-order valence-corrected chi connectivity index (χ0v) is 16.7. The zero-order chi connectivity index (χ0) is 21.8. The van der Waals surface area contributed by atoms with Crippen molar-refractivity contribution in [3.8, 4) is 28.5 Å². The molecule has 8 nitrogen and oxygen atoms in total. The second-order valence-corrected chi connectivity index (χ2v) is 7.00.